The Morgan fingerprint density at radius 3 is 2.58 bits per heavy atom. The van der Waals surface area contributed by atoms with Gasteiger partial charge in [0.15, 0.2) is 0 Å². The quantitative estimate of drug-likeness (QED) is 0.610. The third-order valence-electron chi connectivity index (χ3n) is 1.36. The fourth-order valence-corrected chi connectivity index (χ4v) is 0.810. The molecule has 62 valence electrons. The average Bonchev–Trinajstić information content (AvgIpc) is 2.03. The molecule has 1 rings (SSSR count). The predicted octanol–water partition coefficient (Wildman–Crippen LogP) is 0.723. The molecule has 0 unspecified atom stereocenters. The maximum Gasteiger partial charge on any atom is 0.226 e. The van der Waals surface area contributed by atoms with Crippen LogP contribution in [0, 0.1) is 18.3 Å². The van der Waals surface area contributed by atoms with Gasteiger partial charge >= 0.3 is 0 Å². The van der Waals surface area contributed by atoms with E-state index in [1.807, 2.05) is 27.1 Å². The van der Waals surface area contributed by atoms with Crippen LogP contribution in [0.4, 0.5) is 5.95 Å². The van der Waals surface area contributed by atoms with Crippen LogP contribution in [0.5, 0.6) is 0 Å². The van der Waals surface area contributed by atoms with Gasteiger partial charge in [-0.2, -0.15) is 5.26 Å². The minimum Gasteiger partial charge on any atom is -0.347 e. The highest BCUT2D eigenvalue weighted by Gasteiger charge is 2.02. The van der Waals surface area contributed by atoms with Crippen LogP contribution >= 0.6 is 0 Å². The molecule has 1 heterocycles. The summed E-state index contributed by atoms with van der Waals surface area (Å²) >= 11 is 0. The topological polar surface area (TPSA) is 52.8 Å². The molecule has 1 aromatic heterocycles. The Kier molecular flexibility index (Phi) is 2.24. The van der Waals surface area contributed by atoms with Gasteiger partial charge in [0, 0.05) is 19.8 Å². The SMILES string of the molecule is Cc1cc(C#N)nc(N(C)C)n1. The molecule has 0 amide bonds. The molecule has 12 heavy (non-hydrogen) atoms. The highest BCUT2D eigenvalue weighted by atomic mass is 15.2. The zero-order chi connectivity index (χ0) is 9.14. The fourth-order valence-electron chi connectivity index (χ4n) is 0.810. The van der Waals surface area contributed by atoms with Gasteiger partial charge in [-0.05, 0) is 13.0 Å². The Morgan fingerprint density at radius 2 is 2.08 bits per heavy atom. The van der Waals surface area contributed by atoms with Crippen molar-refractivity contribution in [2.24, 2.45) is 0 Å². The van der Waals surface area contributed by atoms with Crippen LogP contribution in [0.15, 0.2) is 6.07 Å². The molecule has 0 aliphatic carbocycles. The van der Waals surface area contributed by atoms with Gasteiger partial charge in [-0.15, -0.1) is 0 Å². The first-order valence-electron chi connectivity index (χ1n) is 3.56. The number of nitriles is 1. The second-order valence-corrected chi connectivity index (χ2v) is 2.70. The highest BCUT2D eigenvalue weighted by Crippen LogP contribution is 2.05. The number of hydrogen-bond donors (Lipinski definition) is 0. The standard InChI is InChI=1S/C8H10N4/c1-6-4-7(5-9)11-8(10-6)12(2)3/h4H,1-3H3. The zero-order valence-corrected chi connectivity index (χ0v) is 7.37. The minimum atomic E-state index is 0.409. The molecular weight excluding hydrogens is 152 g/mol. The average molecular weight is 162 g/mol. The molecule has 0 saturated carbocycles. The van der Waals surface area contributed by atoms with Gasteiger partial charge in [0.1, 0.15) is 11.8 Å². The largest absolute Gasteiger partial charge is 0.347 e. The summed E-state index contributed by atoms with van der Waals surface area (Å²) in [5, 5.41) is 8.61. The molecule has 1 aromatic rings. The Bertz CT molecular complexity index is 324. The summed E-state index contributed by atoms with van der Waals surface area (Å²) in [5.74, 6) is 0.576. The number of aryl methyl sites for hydroxylation is 1. The summed E-state index contributed by atoms with van der Waals surface area (Å²) in [7, 11) is 3.69. The van der Waals surface area contributed by atoms with E-state index in [4.69, 9.17) is 5.26 Å². The van der Waals surface area contributed by atoms with E-state index in [-0.39, 0.29) is 0 Å². The number of aromatic nitrogens is 2. The summed E-state index contributed by atoms with van der Waals surface area (Å²) in [6, 6.07) is 3.64. The highest BCUT2D eigenvalue weighted by molar-refractivity contribution is 5.34. The van der Waals surface area contributed by atoms with Crippen LogP contribution in [0.25, 0.3) is 0 Å². The molecule has 0 saturated heterocycles. The van der Waals surface area contributed by atoms with E-state index in [2.05, 4.69) is 9.97 Å². The van der Waals surface area contributed by atoms with E-state index in [0.717, 1.165) is 5.69 Å². The van der Waals surface area contributed by atoms with Crippen molar-refractivity contribution in [3.63, 3.8) is 0 Å². The van der Waals surface area contributed by atoms with E-state index in [0.29, 0.717) is 11.6 Å². The van der Waals surface area contributed by atoms with Crippen molar-refractivity contribution >= 4 is 5.95 Å². The minimum absolute atomic E-state index is 0.409. The lowest BCUT2D eigenvalue weighted by molar-refractivity contribution is 0.969. The van der Waals surface area contributed by atoms with Crippen LogP contribution in [0.1, 0.15) is 11.4 Å². The van der Waals surface area contributed by atoms with Crippen LogP contribution in [-0.4, -0.2) is 24.1 Å². The Morgan fingerprint density at radius 1 is 1.42 bits per heavy atom. The van der Waals surface area contributed by atoms with Crippen LogP contribution in [0.2, 0.25) is 0 Å². The molecule has 4 heteroatoms. The van der Waals surface area contributed by atoms with Crippen molar-refractivity contribution < 1.29 is 0 Å². The summed E-state index contributed by atoms with van der Waals surface area (Å²) < 4.78 is 0. The van der Waals surface area contributed by atoms with Crippen molar-refractivity contribution in [1.82, 2.24) is 9.97 Å². The summed E-state index contributed by atoms with van der Waals surface area (Å²) in [6.07, 6.45) is 0. The molecule has 0 spiro atoms. The second-order valence-electron chi connectivity index (χ2n) is 2.70. The van der Waals surface area contributed by atoms with Gasteiger partial charge < -0.3 is 4.90 Å². The van der Waals surface area contributed by atoms with Gasteiger partial charge in [-0.3, -0.25) is 0 Å². The molecular formula is C8H10N4. The van der Waals surface area contributed by atoms with Crippen LogP contribution in [0.3, 0.4) is 0 Å². The number of anilines is 1. The van der Waals surface area contributed by atoms with E-state index in [1.54, 1.807) is 11.0 Å². The smallest absolute Gasteiger partial charge is 0.226 e. The third kappa shape index (κ3) is 1.70. The zero-order valence-electron chi connectivity index (χ0n) is 7.37. The van der Waals surface area contributed by atoms with Crippen molar-refractivity contribution in [2.45, 2.75) is 6.92 Å². The Hall–Kier alpha value is -1.63. The van der Waals surface area contributed by atoms with E-state index in [9.17, 15) is 0 Å². The molecule has 0 aliphatic rings. The first-order valence-corrected chi connectivity index (χ1v) is 3.56. The molecule has 0 aromatic carbocycles. The van der Waals surface area contributed by atoms with Crippen molar-refractivity contribution in [1.29, 1.82) is 5.26 Å². The molecule has 0 bridgehead atoms. The maximum atomic E-state index is 8.61. The molecule has 0 fully saturated rings. The maximum absolute atomic E-state index is 8.61. The van der Waals surface area contributed by atoms with Gasteiger partial charge in [0.25, 0.3) is 0 Å². The summed E-state index contributed by atoms with van der Waals surface area (Å²) in [4.78, 5) is 9.92. The summed E-state index contributed by atoms with van der Waals surface area (Å²) in [5.41, 5.74) is 1.22. The van der Waals surface area contributed by atoms with Crippen molar-refractivity contribution in [2.75, 3.05) is 19.0 Å². The molecule has 0 N–H and O–H groups in total. The fraction of sp³-hybridized carbons (Fsp3) is 0.375. The van der Waals surface area contributed by atoms with Crippen molar-refractivity contribution in [3.05, 3.63) is 17.5 Å². The molecule has 0 aliphatic heterocycles. The predicted molar refractivity (Wildman–Crippen MR) is 45.8 cm³/mol. The lowest BCUT2D eigenvalue weighted by Gasteiger charge is -2.09. The molecule has 0 radical (unpaired) electrons. The normalized spacial score (nSPS) is 9.17. The van der Waals surface area contributed by atoms with Gasteiger partial charge in [-0.25, -0.2) is 9.97 Å². The second kappa shape index (κ2) is 3.18. The van der Waals surface area contributed by atoms with Crippen molar-refractivity contribution in [3.8, 4) is 6.07 Å². The third-order valence-corrected chi connectivity index (χ3v) is 1.36. The van der Waals surface area contributed by atoms with E-state index < -0.39 is 0 Å². The van der Waals surface area contributed by atoms with Gasteiger partial charge in [0.2, 0.25) is 5.95 Å². The number of hydrogen-bond acceptors (Lipinski definition) is 4. The number of nitrogens with zero attached hydrogens (tertiary/aromatic N) is 4. The first kappa shape index (κ1) is 8.47. The Balaban J connectivity index is 3.17. The number of rotatable bonds is 1. The van der Waals surface area contributed by atoms with E-state index in [1.165, 1.54) is 0 Å². The lowest BCUT2D eigenvalue weighted by atomic mass is 10.3. The molecule has 0 atom stereocenters. The van der Waals surface area contributed by atoms with Crippen LogP contribution in [-0.2, 0) is 0 Å². The summed E-state index contributed by atoms with van der Waals surface area (Å²) in [6.45, 7) is 1.84. The monoisotopic (exact) mass is 162 g/mol. The van der Waals surface area contributed by atoms with Crippen LogP contribution < -0.4 is 4.90 Å². The van der Waals surface area contributed by atoms with Gasteiger partial charge in [0.05, 0.1) is 0 Å². The van der Waals surface area contributed by atoms with E-state index >= 15 is 0 Å². The molecule has 4 nitrogen and oxygen atoms in total. The first-order chi connectivity index (χ1) is 5.63. The Labute approximate surface area is 71.5 Å². The van der Waals surface area contributed by atoms with Gasteiger partial charge in [-0.1, -0.05) is 0 Å². The lowest BCUT2D eigenvalue weighted by Crippen LogP contribution is -2.13.